The lowest BCUT2D eigenvalue weighted by atomic mass is 9.74. The van der Waals surface area contributed by atoms with Gasteiger partial charge in [0, 0.05) is 58.4 Å². The summed E-state index contributed by atoms with van der Waals surface area (Å²) in [6.45, 7) is 16.3. The number of fused-ring (bicyclic) bond motifs is 2. The van der Waals surface area contributed by atoms with Gasteiger partial charge in [-0.1, -0.05) is 38.7 Å². The molecule has 13 nitrogen and oxygen atoms in total. The molecule has 0 radical (unpaired) electrons. The van der Waals surface area contributed by atoms with E-state index in [2.05, 4.69) is 30.7 Å². The molecule has 0 saturated carbocycles. The maximum atomic E-state index is 13.9. The van der Waals surface area contributed by atoms with Gasteiger partial charge in [0.15, 0.2) is 11.9 Å². The fourth-order valence-electron chi connectivity index (χ4n) is 9.89. The molecule has 1 aromatic carbocycles. The molecule has 4 aliphatic rings. The minimum absolute atomic E-state index is 0.0461. The van der Waals surface area contributed by atoms with Gasteiger partial charge in [0.2, 0.25) is 0 Å². The maximum Gasteiger partial charge on any atom is 0.410 e. The molecule has 13 heteroatoms. The Kier molecular flexibility index (Phi) is 12.6. The molecule has 6 heterocycles. The summed E-state index contributed by atoms with van der Waals surface area (Å²) in [5, 5.41) is 12.6. The van der Waals surface area contributed by atoms with Crippen LogP contribution in [0.5, 0.6) is 0 Å². The third-order valence-corrected chi connectivity index (χ3v) is 13.0. The zero-order chi connectivity index (χ0) is 43.1. The number of benzene rings is 1. The largest absolute Gasteiger partial charge is 0.464 e. The van der Waals surface area contributed by atoms with Crippen LogP contribution >= 0.6 is 0 Å². The van der Waals surface area contributed by atoms with Gasteiger partial charge in [0.05, 0.1) is 42.2 Å². The minimum atomic E-state index is -1.12. The van der Waals surface area contributed by atoms with Crippen LogP contribution < -0.4 is 0 Å². The predicted octanol–water partition coefficient (Wildman–Crippen LogP) is 6.66. The third-order valence-electron chi connectivity index (χ3n) is 13.0. The van der Waals surface area contributed by atoms with E-state index in [1.165, 1.54) is 0 Å². The summed E-state index contributed by atoms with van der Waals surface area (Å²) >= 11 is 0. The number of likely N-dealkylation sites (N-methyl/N-ethyl adjacent to an activating group) is 1. The number of rotatable bonds is 6. The zero-order valence-corrected chi connectivity index (χ0v) is 36.5. The van der Waals surface area contributed by atoms with Crippen molar-refractivity contribution in [2.75, 3.05) is 33.8 Å². The molecule has 2 aromatic heterocycles. The van der Waals surface area contributed by atoms with Crippen molar-refractivity contribution in [1.29, 1.82) is 0 Å². The van der Waals surface area contributed by atoms with Gasteiger partial charge in [0.25, 0.3) is 0 Å². The van der Waals surface area contributed by atoms with Crippen molar-refractivity contribution in [1.82, 2.24) is 14.8 Å². The van der Waals surface area contributed by atoms with Crippen LogP contribution in [0, 0.1) is 29.6 Å². The zero-order valence-electron chi connectivity index (χ0n) is 36.5. The lowest BCUT2D eigenvalue weighted by molar-refractivity contribution is -0.295. The number of ether oxygens (including phenoxy) is 5. The van der Waals surface area contributed by atoms with E-state index in [0.29, 0.717) is 31.5 Å². The molecule has 322 valence electrons. The number of amides is 1. The molecule has 3 aromatic rings. The average molecular weight is 825 g/mol. The standard InChI is InChI=1S/C47H60N4O9/c1-27-21-28(2)43(53)58-32(6)47(8)41-31(5)39(48-17-18-51(41)45(54)60-47)29(3)25-46(7,42(27)59-44-40(52)37(50(9)10)22-30(4)57-44)56-20-11-13-33-15-16-36-34(23-33)24-35(26-49-36)38-14-12-19-55-38/h12,14-16,19,21,23-24,26-27,29-32,37,40-42,44,52H,17-18,20,22,25H2,1-10H3/b28-21-/t27-,29+,30-,31-,32+,37+,40?,41+,42+,44+,46-,47+/m0/s1. The second-order valence-electron chi connectivity index (χ2n) is 17.8. The van der Waals surface area contributed by atoms with Gasteiger partial charge in [-0.3, -0.25) is 14.9 Å². The van der Waals surface area contributed by atoms with Crippen LogP contribution in [0.25, 0.3) is 22.2 Å². The van der Waals surface area contributed by atoms with Gasteiger partial charge in [-0.25, -0.2) is 9.59 Å². The first-order valence-corrected chi connectivity index (χ1v) is 21.1. The van der Waals surface area contributed by atoms with Gasteiger partial charge in [-0.05, 0) is 104 Å². The highest BCUT2D eigenvalue weighted by molar-refractivity contribution is 5.91. The Hall–Kier alpha value is -4.58. The van der Waals surface area contributed by atoms with Crippen LogP contribution in [0.1, 0.15) is 73.8 Å². The summed E-state index contributed by atoms with van der Waals surface area (Å²) in [6.07, 6.45) is 2.26. The Bertz CT molecular complexity index is 2180. The lowest BCUT2D eigenvalue weighted by Gasteiger charge is -2.47. The minimum Gasteiger partial charge on any atom is -0.464 e. The Labute approximate surface area is 353 Å². The molecular formula is C47H60N4O9. The Balaban J connectivity index is 1.26. The Morgan fingerprint density at radius 1 is 1.08 bits per heavy atom. The van der Waals surface area contributed by atoms with E-state index >= 15 is 0 Å². The molecular weight excluding hydrogens is 765 g/mol. The number of carbonyl (C=O) groups excluding carboxylic acids is 2. The van der Waals surface area contributed by atoms with E-state index in [1.807, 2.05) is 89.2 Å². The average Bonchev–Trinajstić information content (AvgIpc) is 3.78. The first-order valence-electron chi connectivity index (χ1n) is 21.1. The normalized spacial score (nSPS) is 36.0. The van der Waals surface area contributed by atoms with Crippen LogP contribution in [0.3, 0.4) is 0 Å². The third kappa shape index (κ3) is 8.63. The molecule has 4 aliphatic heterocycles. The molecule has 2 saturated heterocycles. The number of hydrogen-bond donors (Lipinski definition) is 1. The number of aliphatic imine (C=N–C) groups is 1. The highest BCUT2D eigenvalue weighted by Gasteiger charge is 2.59. The lowest BCUT2D eigenvalue weighted by Crippen LogP contribution is -2.59. The number of hydrogen-bond acceptors (Lipinski definition) is 12. The number of furan rings is 1. The van der Waals surface area contributed by atoms with Crippen molar-refractivity contribution in [3.05, 3.63) is 66.1 Å². The van der Waals surface area contributed by atoms with E-state index in [0.717, 1.165) is 33.5 Å². The van der Waals surface area contributed by atoms with E-state index in [9.17, 15) is 14.7 Å². The molecule has 7 rings (SSSR count). The molecule has 2 fully saturated rings. The molecule has 2 bridgehead atoms. The van der Waals surface area contributed by atoms with Gasteiger partial charge in [-0.15, -0.1) is 0 Å². The van der Waals surface area contributed by atoms with E-state index in [-0.39, 0.29) is 30.6 Å². The van der Waals surface area contributed by atoms with Crippen molar-refractivity contribution >= 4 is 28.7 Å². The van der Waals surface area contributed by atoms with Crippen LogP contribution in [0.2, 0.25) is 0 Å². The van der Waals surface area contributed by atoms with E-state index in [4.69, 9.17) is 33.1 Å². The smallest absolute Gasteiger partial charge is 0.410 e. The summed E-state index contributed by atoms with van der Waals surface area (Å²) in [5.74, 6) is 5.89. The van der Waals surface area contributed by atoms with Crippen LogP contribution in [0.4, 0.5) is 4.79 Å². The van der Waals surface area contributed by atoms with Crippen LogP contribution in [-0.2, 0) is 28.5 Å². The van der Waals surface area contributed by atoms with Gasteiger partial charge < -0.3 is 38.1 Å². The predicted molar refractivity (Wildman–Crippen MR) is 227 cm³/mol. The summed E-state index contributed by atoms with van der Waals surface area (Å²) in [4.78, 5) is 40.7. The van der Waals surface area contributed by atoms with Crippen molar-refractivity contribution < 1.29 is 42.8 Å². The van der Waals surface area contributed by atoms with Gasteiger partial charge in [0.1, 0.15) is 24.6 Å². The molecule has 12 atom stereocenters. The number of aromatic nitrogens is 1. The summed E-state index contributed by atoms with van der Waals surface area (Å²) in [7, 11) is 3.88. The van der Waals surface area contributed by atoms with E-state index < -0.39 is 59.8 Å². The number of pyridine rings is 1. The quantitative estimate of drug-likeness (QED) is 0.211. The summed E-state index contributed by atoms with van der Waals surface area (Å²) in [5.41, 5.74) is 1.59. The maximum absolute atomic E-state index is 13.9. The molecule has 0 spiro atoms. The molecule has 1 unspecified atom stereocenters. The van der Waals surface area contributed by atoms with E-state index in [1.54, 1.807) is 31.2 Å². The van der Waals surface area contributed by atoms with Crippen molar-refractivity contribution in [2.24, 2.45) is 22.7 Å². The van der Waals surface area contributed by atoms with Crippen LogP contribution in [-0.4, -0.2) is 125 Å². The summed E-state index contributed by atoms with van der Waals surface area (Å²) < 4.78 is 38.1. The second kappa shape index (κ2) is 17.4. The number of aliphatic hydroxyl groups is 1. The number of aliphatic hydroxyl groups excluding tert-OH is 1. The van der Waals surface area contributed by atoms with Crippen molar-refractivity contribution in [3.8, 4) is 23.2 Å². The number of nitrogens with zero attached hydrogens (tertiary/aromatic N) is 4. The Morgan fingerprint density at radius 2 is 1.87 bits per heavy atom. The molecule has 0 aliphatic carbocycles. The fraction of sp³-hybridized carbons (Fsp3) is 0.574. The topological polar surface area (TPSA) is 145 Å². The molecule has 60 heavy (non-hydrogen) atoms. The molecule has 1 amide bonds. The van der Waals surface area contributed by atoms with Crippen molar-refractivity contribution in [2.45, 2.75) is 122 Å². The van der Waals surface area contributed by atoms with Crippen LogP contribution in [0.15, 0.2) is 69.9 Å². The SMILES string of the molecule is C/C1=C/[C@H](C)[C@@H](O[C@H]2O[C@@H](C)C[C@@H](N(C)C)C2O)[C@@](C)(OCC#Cc2ccc3ncc(-c4ccco4)cc3c2)C[C@@H](C)C2=NCCN3C(=O)O[C@](C)([C@@H](C)OC1=O)[C@H]3[C@H]2C. The first kappa shape index (κ1) is 43.5. The Morgan fingerprint density at radius 3 is 2.60 bits per heavy atom. The second-order valence-corrected chi connectivity index (χ2v) is 17.8. The summed E-state index contributed by atoms with van der Waals surface area (Å²) in [6, 6.07) is 11.0. The van der Waals surface area contributed by atoms with Gasteiger partial charge in [-0.2, -0.15) is 0 Å². The number of esters is 1. The molecule has 1 N–H and O–H groups in total. The monoisotopic (exact) mass is 824 g/mol. The number of cyclic esters (lactones) is 1. The highest BCUT2D eigenvalue weighted by Crippen LogP contribution is 2.43. The fourth-order valence-corrected chi connectivity index (χ4v) is 9.89. The number of carbonyl (C=O) groups is 2. The highest BCUT2D eigenvalue weighted by atomic mass is 16.7. The van der Waals surface area contributed by atoms with Crippen molar-refractivity contribution in [3.63, 3.8) is 0 Å². The first-order chi connectivity index (χ1) is 28.5. The van der Waals surface area contributed by atoms with Gasteiger partial charge >= 0.3 is 12.1 Å².